The molecular formula is C14H29N3O. The average Bonchev–Trinajstić information content (AvgIpc) is 2.27. The first-order valence-electron chi connectivity index (χ1n) is 7.28. The third kappa shape index (κ3) is 5.36. The maximum Gasteiger partial charge on any atom is 0.234 e. The van der Waals surface area contributed by atoms with Crippen molar-refractivity contribution < 1.29 is 4.79 Å². The highest BCUT2D eigenvalue weighted by Gasteiger charge is 2.23. The minimum atomic E-state index is -0.221. The Morgan fingerprint density at radius 3 is 2.50 bits per heavy atom. The number of amides is 1. The smallest absolute Gasteiger partial charge is 0.234 e. The number of likely N-dealkylation sites (tertiary alicyclic amines) is 1. The van der Waals surface area contributed by atoms with Crippen LogP contribution in [0.4, 0.5) is 0 Å². The lowest BCUT2D eigenvalue weighted by atomic mass is 9.91. The summed E-state index contributed by atoms with van der Waals surface area (Å²) in [6.07, 6.45) is 3.18. The molecule has 1 amide bonds. The minimum Gasteiger partial charge on any atom is -0.368 e. The van der Waals surface area contributed by atoms with E-state index in [0.29, 0.717) is 0 Å². The number of primary amides is 1. The monoisotopic (exact) mass is 255 g/mol. The molecule has 3 N–H and O–H groups in total. The van der Waals surface area contributed by atoms with E-state index in [0.717, 1.165) is 50.9 Å². The van der Waals surface area contributed by atoms with Crippen molar-refractivity contribution in [2.75, 3.05) is 26.2 Å². The van der Waals surface area contributed by atoms with Crippen molar-refractivity contribution in [3.63, 3.8) is 0 Å². The van der Waals surface area contributed by atoms with Crippen molar-refractivity contribution in [3.05, 3.63) is 0 Å². The molecule has 3 atom stereocenters. The van der Waals surface area contributed by atoms with Gasteiger partial charge in [0.15, 0.2) is 0 Å². The number of hydrogen-bond donors (Lipinski definition) is 2. The number of hydrogen-bond acceptors (Lipinski definition) is 3. The fourth-order valence-corrected chi connectivity index (χ4v) is 2.95. The van der Waals surface area contributed by atoms with Gasteiger partial charge >= 0.3 is 0 Å². The van der Waals surface area contributed by atoms with Crippen molar-refractivity contribution in [2.24, 2.45) is 17.6 Å². The fourth-order valence-electron chi connectivity index (χ4n) is 2.95. The van der Waals surface area contributed by atoms with Gasteiger partial charge in [0.2, 0.25) is 5.91 Å². The Bertz CT molecular complexity index is 247. The zero-order chi connectivity index (χ0) is 13.5. The molecule has 0 radical (unpaired) electrons. The van der Waals surface area contributed by atoms with Crippen LogP contribution in [-0.2, 0) is 4.79 Å². The van der Waals surface area contributed by atoms with Crippen molar-refractivity contribution in [1.29, 1.82) is 0 Å². The lowest BCUT2D eigenvalue weighted by Gasteiger charge is -2.35. The van der Waals surface area contributed by atoms with Gasteiger partial charge in [-0.3, -0.25) is 4.79 Å². The van der Waals surface area contributed by atoms with Crippen LogP contribution in [0.5, 0.6) is 0 Å². The van der Waals surface area contributed by atoms with Crippen molar-refractivity contribution in [3.8, 4) is 0 Å². The molecule has 1 saturated heterocycles. The summed E-state index contributed by atoms with van der Waals surface area (Å²) in [5, 5.41) is 3.23. The number of nitrogens with two attached hydrogens (primary N) is 1. The number of nitrogens with zero attached hydrogens (tertiary/aromatic N) is 1. The molecule has 1 aliphatic heterocycles. The molecule has 1 heterocycles. The Morgan fingerprint density at radius 1 is 1.39 bits per heavy atom. The van der Waals surface area contributed by atoms with Crippen LogP contribution in [0.1, 0.15) is 40.0 Å². The zero-order valence-electron chi connectivity index (χ0n) is 12.1. The second-order valence-corrected chi connectivity index (χ2v) is 5.90. The average molecular weight is 255 g/mol. The van der Waals surface area contributed by atoms with Crippen molar-refractivity contribution in [1.82, 2.24) is 10.2 Å². The summed E-state index contributed by atoms with van der Waals surface area (Å²) in [6, 6.07) is -0.169. The van der Waals surface area contributed by atoms with Crippen LogP contribution in [0.3, 0.4) is 0 Å². The Balaban J connectivity index is 2.34. The first kappa shape index (κ1) is 15.4. The zero-order valence-corrected chi connectivity index (χ0v) is 12.1. The van der Waals surface area contributed by atoms with Gasteiger partial charge in [0.1, 0.15) is 0 Å². The molecule has 106 valence electrons. The van der Waals surface area contributed by atoms with E-state index in [1.54, 1.807) is 0 Å². The number of nitrogens with one attached hydrogen (secondary N) is 1. The molecule has 0 aromatic carbocycles. The summed E-state index contributed by atoms with van der Waals surface area (Å²) in [7, 11) is 0. The first-order chi connectivity index (χ1) is 8.52. The van der Waals surface area contributed by atoms with Gasteiger partial charge < -0.3 is 16.0 Å². The largest absolute Gasteiger partial charge is 0.368 e. The Labute approximate surface area is 111 Å². The molecule has 1 fully saturated rings. The Morgan fingerprint density at radius 2 is 2.00 bits per heavy atom. The summed E-state index contributed by atoms with van der Waals surface area (Å²) >= 11 is 0. The SMILES string of the molecule is CCCNC(CCN1CC(C)CC(C)C1)C(N)=O. The van der Waals surface area contributed by atoms with E-state index in [1.165, 1.54) is 6.42 Å². The van der Waals surface area contributed by atoms with Crippen molar-refractivity contribution >= 4 is 5.91 Å². The van der Waals surface area contributed by atoms with E-state index in [9.17, 15) is 4.79 Å². The van der Waals surface area contributed by atoms with Crippen LogP contribution in [0.2, 0.25) is 0 Å². The van der Waals surface area contributed by atoms with Gasteiger partial charge in [0, 0.05) is 19.6 Å². The molecule has 0 bridgehead atoms. The molecule has 0 saturated carbocycles. The van der Waals surface area contributed by atoms with Gasteiger partial charge in [0.05, 0.1) is 6.04 Å². The normalized spacial score (nSPS) is 27.1. The second kappa shape index (κ2) is 7.74. The van der Waals surface area contributed by atoms with E-state index < -0.39 is 0 Å². The van der Waals surface area contributed by atoms with Crippen LogP contribution in [0, 0.1) is 11.8 Å². The number of carbonyl (C=O) groups excluding carboxylic acids is 1. The minimum absolute atomic E-state index is 0.169. The van der Waals surface area contributed by atoms with E-state index in [4.69, 9.17) is 5.73 Å². The molecule has 4 heteroatoms. The topological polar surface area (TPSA) is 58.4 Å². The molecule has 1 rings (SSSR count). The van der Waals surface area contributed by atoms with E-state index >= 15 is 0 Å². The van der Waals surface area contributed by atoms with Crippen LogP contribution in [0.25, 0.3) is 0 Å². The molecule has 0 aromatic heterocycles. The number of piperidine rings is 1. The Hall–Kier alpha value is -0.610. The number of rotatable bonds is 7. The van der Waals surface area contributed by atoms with Crippen LogP contribution in [0.15, 0.2) is 0 Å². The second-order valence-electron chi connectivity index (χ2n) is 5.90. The molecule has 1 aliphatic rings. The molecule has 3 unspecified atom stereocenters. The molecule has 0 aromatic rings. The highest BCUT2D eigenvalue weighted by Crippen LogP contribution is 2.20. The first-order valence-corrected chi connectivity index (χ1v) is 7.28. The highest BCUT2D eigenvalue weighted by atomic mass is 16.1. The van der Waals surface area contributed by atoms with Gasteiger partial charge in [-0.1, -0.05) is 20.8 Å². The van der Waals surface area contributed by atoms with Crippen molar-refractivity contribution in [2.45, 2.75) is 46.1 Å². The molecule has 18 heavy (non-hydrogen) atoms. The molecular weight excluding hydrogens is 226 g/mol. The van der Waals surface area contributed by atoms with Crippen LogP contribution < -0.4 is 11.1 Å². The lowest BCUT2D eigenvalue weighted by Crippen LogP contribution is -2.46. The standard InChI is InChI=1S/C14H29N3O/c1-4-6-16-13(14(15)18)5-7-17-9-11(2)8-12(3)10-17/h11-13,16H,4-10H2,1-3H3,(H2,15,18). The van der Waals surface area contributed by atoms with E-state index in [2.05, 4.69) is 31.0 Å². The maximum absolute atomic E-state index is 11.3. The Kier molecular flexibility index (Phi) is 6.65. The molecule has 0 spiro atoms. The van der Waals surface area contributed by atoms with E-state index in [-0.39, 0.29) is 11.9 Å². The summed E-state index contributed by atoms with van der Waals surface area (Å²) in [5.74, 6) is 1.32. The van der Waals surface area contributed by atoms with Gasteiger partial charge in [0.25, 0.3) is 0 Å². The summed E-state index contributed by atoms with van der Waals surface area (Å²) < 4.78 is 0. The number of carbonyl (C=O) groups is 1. The summed E-state index contributed by atoms with van der Waals surface area (Å²) in [6.45, 7) is 10.9. The molecule has 0 aliphatic carbocycles. The van der Waals surface area contributed by atoms with Gasteiger partial charge in [-0.15, -0.1) is 0 Å². The quantitative estimate of drug-likeness (QED) is 0.719. The fraction of sp³-hybridized carbons (Fsp3) is 0.929. The lowest BCUT2D eigenvalue weighted by molar-refractivity contribution is -0.120. The third-order valence-electron chi connectivity index (χ3n) is 3.66. The van der Waals surface area contributed by atoms with Gasteiger partial charge in [-0.2, -0.15) is 0 Å². The maximum atomic E-state index is 11.3. The summed E-state index contributed by atoms with van der Waals surface area (Å²) in [4.78, 5) is 13.8. The highest BCUT2D eigenvalue weighted by molar-refractivity contribution is 5.79. The third-order valence-corrected chi connectivity index (χ3v) is 3.66. The predicted octanol–water partition coefficient (Wildman–Crippen LogP) is 1.21. The summed E-state index contributed by atoms with van der Waals surface area (Å²) in [5.41, 5.74) is 5.43. The predicted molar refractivity (Wildman–Crippen MR) is 75.3 cm³/mol. The molecule has 4 nitrogen and oxygen atoms in total. The van der Waals surface area contributed by atoms with E-state index in [1.807, 2.05) is 0 Å². The van der Waals surface area contributed by atoms with Crippen LogP contribution in [-0.4, -0.2) is 43.0 Å². The van der Waals surface area contributed by atoms with Gasteiger partial charge in [-0.25, -0.2) is 0 Å². The van der Waals surface area contributed by atoms with Crippen LogP contribution >= 0.6 is 0 Å². The van der Waals surface area contributed by atoms with Gasteiger partial charge in [-0.05, 0) is 37.6 Å².